The minimum absolute atomic E-state index is 0.309. The van der Waals surface area contributed by atoms with Gasteiger partial charge in [-0.1, -0.05) is 24.9 Å². The zero-order valence-corrected chi connectivity index (χ0v) is 8.34. The van der Waals surface area contributed by atoms with Gasteiger partial charge in [-0.05, 0) is 24.5 Å². The molecule has 0 aromatic carbocycles. The Hall–Kier alpha value is -0.890. The first-order valence-corrected chi connectivity index (χ1v) is 4.76. The van der Waals surface area contributed by atoms with Gasteiger partial charge in [0.1, 0.15) is 5.15 Å². The van der Waals surface area contributed by atoms with Crippen LogP contribution in [0.1, 0.15) is 35.7 Å². The smallest absolute Gasteiger partial charge is 0.153 e. The van der Waals surface area contributed by atoms with E-state index in [4.69, 9.17) is 11.6 Å². The highest BCUT2D eigenvalue weighted by atomic mass is 35.5. The van der Waals surface area contributed by atoms with E-state index in [-0.39, 0.29) is 0 Å². The molecule has 1 aromatic heterocycles. The molecule has 0 aliphatic carbocycles. The van der Waals surface area contributed by atoms with Gasteiger partial charge < -0.3 is 0 Å². The van der Waals surface area contributed by atoms with Crippen molar-refractivity contribution in [1.82, 2.24) is 4.98 Å². The highest BCUT2D eigenvalue weighted by Gasteiger charge is 2.05. The molecule has 1 rings (SSSR count). The van der Waals surface area contributed by atoms with Gasteiger partial charge in [0, 0.05) is 6.20 Å². The zero-order valence-electron chi connectivity index (χ0n) is 7.59. The van der Waals surface area contributed by atoms with Crippen LogP contribution in [0.15, 0.2) is 12.3 Å². The number of aldehydes is 1. The van der Waals surface area contributed by atoms with Crippen molar-refractivity contribution in [1.29, 1.82) is 0 Å². The predicted octanol–water partition coefficient (Wildman–Crippen LogP) is 2.89. The van der Waals surface area contributed by atoms with Crippen LogP contribution in [0.25, 0.3) is 0 Å². The number of pyridine rings is 1. The van der Waals surface area contributed by atoms with E-state index in [0.29, 0.717) is 10.7 Å². The SMILES string of the molecule is CCCCc1ccnc(Cl)c1C=O. The first-order valence-electron chi connectivity index (χ1n) is 4.38. The van der Waals surface area contributed by atoms with Gasteiger partial charge in [0.2, 0.25) is 0 Å². The van der Waals surface area contributed by atoms with Crippen LogP contribution in [0.4, 0.5) is 0 Å². The fourth-order valence-corrected chi connectivity index (χ4v) is 1.42. The molecule has 0 saturated heterocycles. The molecular weight excluding hydrogens is 186 g/mol. The summed E-state index contributed by atoms with van der Waals surface area (Å²) in [6.45, 7) is 2.11. The Morgan fingerprint density at radius 1 is 1.62 bits per heavy atom. The third-order valence-electron chi connectivity index (χ3n) is 1.95. The lowest BCUT2D eigenvalue weighted by Crippen LogP contribution is -1.95. The van der Waals surface area contributed by atoms with E-state index in [1.807, 2.05) is 6.07 Å². The largest absolute Gasteiger partial charge is 0.298 e. The molecule has 0 saturated carbocycles. The van der Waals surface area contributed by atoms with Crippen molar-refractivity contribution in [2.75, 3.05) is 0 Å². The second-order valence-electron chi connectivity index (χ2n) is 2.90. The van der Waals surface area contributed by atoms with Gasteiger partial charge in [-0.15, -0.1) is 0 Å². The quantitative estimate of drug-likeness (QED) is 0.549. The summed E-state index contributed by atoms with van der Waals surface area (Å²) in [4.78, 5) is 14.5. The van der Waals surface area contributed by atoms with Crippen LogP contribution < -0.4 is 0 Å². The third kappa shape index (κ3) is 2.52. The van der Waals surface area contributed by atoms with Gasteiger partial charge in [-0.3, -0.25) is 4.79 Å². The normalized spacial score (nSPS) is 10.0. The number of hydrogen-bond donors (Lipinski definition) is 0. The molecule has 1 aromatic rings. The molecule has 70 valence electrons. The Morgan fingerprint density at radius 2 is 2.38 bits per heavy atom. The van der Waals surface area contributed by atoms with E-state index in [9.17, 15) is 4.79 Å². The summed E-state index contributed by atoms with van der Waals surface area (Å²) in [7, 11) is 0. The van der Waals surface area contributed by atoms with E-state index < -0.39 is 0 Å². The topological polar surface area (TPSA) is 30.0 Å². The van der Waals surface area contributed by atoms with Gasteiger partial charge in [-0.2, -0.15) is 0 Å². The molecule has 1 heterocycles. The van der Waals surface area contributed by atoms with Crippen LogP contribution in [0.3, 0.4) is 0 Å². The maximum Gasteiger partial charge on any atom is 0.153 e. The molecule has 13 heavy (non-hydrogen) atoms. The summed E-state index contributed by atoms with van der Waals surface area (Å²) in [5.74, 6) is 0. The van der Waals surface area contributed by atoms with E-state index in [0.717, 1.165) is 31.1 Å². The van der Waals surface area contributed by atoms with E-state index in [1.54, 1.807) is 6.20 Å². The fraction of sp³-hybridized carbons (Fsp3) is 0.400. The summed E-state index contributed by atoms with van der Waals surface area (Å²) in [5.41, 5.74) is 1.54. The molecule has 2 nitrogen and oxygen atoms in total. The maximum absolute atomic E-state index is 10.7. The number of carbonyl (C=O) groups excluding carboxylic acids is 1. The lowest BCUT2D eigenvalue weighted by Gasteiger charge is -2.03. The van der Waals surface area contributed by atoms with Crippen LogP contribution in [-0.2, 0) is 6.42 Å². The number of unbranched alkanes of at least 4 members (excludes halogenated alkanes) is 1. The van der Waals surface area contributed by atoms with Crippen molar-refractivity contribution >= 4 is 17.9 Å². The second kappa shape index (κ2) is 4.97. The number of hydrogen-bond acceptors (Lipinski definition) is 2. The van der Waals surface area contributed by atoms with Crippen LogP contribution in [0, 0.1) is 0 Å². The van der Waals surface area contributed by atoms with Crippen molar-refractivity contribution < 1.29 is 4.79 Å². The van der Waals surface area contributed by atoms with E-state index in [1.165, 1.54) is 0 Å². The Labute approximate surface area is 82.9 Å². The van der Waals surface area contributed by atoms with Crippen LogP contribution in [0.2, 0.25) is 5.15 Å². The Bertz CT molecular complexity index is 299. The highest BCUT2D eigenvalue weighted by molar-refractivity contribution is 6.31. The molecule has 0 bridgehead atoms. The summed E-state index contributed by atoms with van der Waals surface area (Å²) in [6, 6.07) is 1.85. The number of nitrogens with zero attached hydrogens (tertiary/aromatic N) is 1. The lowest BCUT2D eigenvalue weighted by molar-refractivity contribution is 0.112. The lowest BCUT2D eigenvalue weighted by atomic mass is 10.1. The minimum atomic E-state index is 0.309. The van der Waals surface area contributed by atoms with Gasteiger partial charge in [0.05, 0.1) is 5.56 Å². The van der Waals surface area contributed by atoms with Crippen molar-refractivity contribution in [2.45, 2.75) is 26.2 Å². The first-order chi connectivity index (χ1) is 6.29. The maximum atomic E-state index is 10.7. The first kappa shape index (κ1) is 10.2. The molecule has 0 radical (unpaired) electrons. The van der Waals surface area contributed by atoms with Gasteiger partial charge in [0.25, 0.3) is 0 Å². The number of aromatic nitrogens is 1. The number of aryl methyl sites for hydroxylation is 1. The zero-order chi connectivity index (χ0) is 9.68. The molecule has 0 aliphatic heterocycles. The molecule has 0 N–H and O–H groups in total. The predicted molar refractivity (Wildman–Crippen MR) is 53.2 cm³/mol. The van der Waals surface area contributed by atoms with Crippen LogP contribution >= 0.6 is 11.6 Å². The Balaban J connectivity index is 2.91. The standard InChI is InChI=1S/C10H12ClNO/c1-2-3-4-8-5-6-12-10(11)9(8)7-13/h5-7H,2-4H2,1H3. The van der Waals surface area contributed by atoms with E-state index in [2.05, 4.69) is 11.9 Å². The molecular formula is C10H12ClNO. The average Bonchev–Trinajstić information content (AvgIpc) is 2.15. The Kier molecular flexibility index (Phi) is 3.90. The van der Waals surface area contributed by atoms with Gasteiger partial charge in [0.15, 0.2) is 6.29 Å². The molecule has 3 heteroatoms. The van der Waals surface area contributed by atoms with Crippen LogP contribution in [0.5, 0.6) is 0 Å². The van der Waals surface area contributed by atoms with Crippen molar-refractivity contribution in [3.63, 3.8) is 0 Å². The summed E-state index contributed by atoms with van der Waals surface area (Å²) in [6.07, 6.45) is 5.49. The van der Waals surface area contributed by atoms with Gasteiger partial charge in [-0.25, -0.2) is 4.98 Å². The molecule has 0 amide bonds. The summed E-state index contributed by atoms with van der Waals surface area (Å²) < 4.78 is 0. The molecule has 0 atom stereocenters. The Morgan fingerprint density at radius 3 is 3.00 bits per heavy atom. The third-order valence-corrected chi connectivity index (χ3v) is 2.25. The van der Waals surface area contributed by atoms with E-state index >= 15 is 0 Å². The minimum Gasteiger partial charge on any atom is -0.298 e. The average molecular weight is 198 g/mol. The van der Waals surface area contributed by atoms with Crippen molar-refractivity contribution in [2.24, 2.45) is 0 Å². The molecule has 0 unspecified atom stereocenters. The monoisotopic (exact) mass is 197 g/mol. The molecule has 0 spiro atoms. The van der Waals surface area contributed by atoms with Gasteiger partial charge >= 0.3 is 0 Å². The van der Waals surface area contributed by atoms with Crippen molar-refractivity contribution in [3.8, 4) is 0 Å². The number of carbonyl (C=O) groups is 1. The highest BCUT2D eigenvalue weighted by Crippen LogP contribution is 2.16. The fourth-order valence-electron chi connectivity index (χ4n) is 1.19. The van der Waals surface area contributed by atoms with Crippen molar-refractivity contribution in [3.05, 3.63) is 28.5 Å². The molecule has 0 fully saturated rings. The van der Waals surface area contributed by atoms with Crippen LogP contribution in [-0.4, -0.2) is 11.3 Å². The second-order valence-corrected chi connectivity index (χ2v) is 3.25. The summed E-state index contributed by atoms with van der Waals surface area (Å²) >= 11 is 5.77. The number of halogens is 1. The molecule has 0 aliphatic rings. The summed E-state index contributed by atoms with van der Waals surface area (Å²) in [5, 5.41) is 0.309. The number of rotatable bonds is 4.